The van der Waals surface area contributed by atoms with E-state index >= 15 is 0 Å². The standard InChI is InChI=1S/C13H19N3O2/c1-15-6-8-16(9-7-15)13(17)10-18-12-4-2-11(14)3-5-12/h2-5H,6-10,14H2,1H3. The Balaban J connectivity index is 1.79. The van der Waals surface area contributed by atoms with Gasteiger partial charge in [0.05, 0.1) is 0 Å². The zero-order chi connectivity index (χ0) is 13.0. The van der Waals surface area contributed by atoms with E-state index in [2.05, 4.69) is 11.9 Å². The Bertz CT molecular complexity index is 397. The maximum Gasteiger partial charge on any atom is 0.260 e. The Kier molecular flexibility index (Phi) is 4.04. The Morgan fingerprint density at radius 3 is 2.44 bits per heavy atom. The van der Waals surface area contributed by atoms with E-state index in [1.165, 1.54) is 0 Å². The number of carbonyl (C=O) groups excluding carboxylic acids is 1. The van der Waals surface area contributed by atoms with Gasteiger partial charge in [-0.3, -0.25) is 4.79 Å². The van der Waals surface area contributed by atoms with Gasteiger partial charge in [0.25, 0.3) is 5.91 Å². The van der Waals surface area contributed by atoms with E-state index in [0.717, 1.165) is 26.2 Å². The lowest BCUT2D eigenvalue weighted by atomic mass is 10.3. The van der Waals surface area contributed by atoms with Crippen LogP contribution in [0.5, 0.6) is 5.75 Å². The van der Waals surface area contributed by atoms with Crippen molar-refractivity contribution in [1.82, 2.24) is 9.80 Å². The summed E-state index contributed by atoms with van der Waals surface area (Å²) in [5, 5.41) is 0. The molecular formula is C13H19N3O2. The topological polar surface area (TPSA) is 58.8 Å². The molecule has 5 nitrogen and oxygen atoms in total. The van der Waals surface area contributed by atoms with E-state index in [0.29, 0.717) is 11.4 Å². The second kappa shape index (κ2) is 5.73. The molecule has 0 bridgehead atoms. The number of carbonyl (C=O) groups is 1. The third kappa shape index (κ3) is 3.37. The van der Waals surface area contributed by atoms with Gasteiger partial charge in [0, 0.05) is 31.9 Å². The Morgan fingerprint density at radius 2 is 1.83 bits per heavy atom. The van der Waals surface area contributed by atoms with E-state index in [4.69, 9.17) is 10.5 Å². The molecule has 1 aromatic carbocycles. The smallest absolute Gasteiger partial charge is 0.260 e. The van der Waals surface area contributed by atoms with Gasteiger partial charge in [-0.25, -0.2) is 0 Å². The molecule has 1 heterocycles. The first-order valence-electron chi connectivity index (χ1n) is 6.10. The van der Waals surface area contributed by atoms with Crippen molar-refractivity contribution in [3.8, 4) is 5.75 Å². The van der Waals surface area contributed by atoms with Crippen molar-refractivity contribution in [2.45, 2.75) is 0 Å². The average Bonchev–Trinajstić information content (AvgIpc) is 2.38. The molecule has 0 radical (unpaired) electrons. The average molecular weight is 249 g/mol. The van der Waals surface area contributed by atoms with Crippen LogP contribution in [0.2, 0.25) is 0 Å². The molecule has 0 atom stereocenters. The van der Waals surface area contributed by atoms with Crippen LogP contribution in [0.1, 0.15) is 0 Å². The Hall–Kier alpha value is -1.75. The molecule has 0 unspecified atom stereocenters. The van der Waals surface area contributed by atoms with Crippen LogP contribution >= 0.6 is 0 Å². The number of anilines is 1. The highest BCUT2D eigenvalue weighted by Crippen LogP contribution is 2.13. The monoisotopic (exact) mass is 249 g/mol. The maximum atomic E-state index is 11.9. The summed E-state index contributed by atoms with van der Waals surface area (Å²) in [6.45, 7) is 3.50. The van der Waals surface area contributed by atoms with Gasteiger partial charge in [-0.1, -0.05) is 0 Å². The number of piperazine rings is 1. The lowest BCUT2D eigenvalue weighted by Gasteiger charge is -2.32. The lowest BCUT2D eigenvalue weighted by Crippen LogP contribution is -2.48. The Morgan fingerprint density at radius 1 is 1.22 bits per heavy atom. The van der Waals surface area contributed by atoms with Crippen molar-refractivity contribution < 1.29 is 9.53 Å². The van der Waals surface area contributed by atoms with Crippen LogP contribution in [-0.2, 0) is 4.79 Å². The summed E-state index contributed by atoms with van der Waals surface area (Å²) >= 11 is 0. The number of nitrogen functional groups attached to an aromatic ring is 1. The summed E-state index contributed by atoms with van der Waals surface area (Å²) in [7, 11) is 2.06. The minimum absolute atomic E-state index is 0.0416. The van der Waals surface area contributed by atoms with Crippen LogP contribution in [0, 0.1) is 0 Å². The SMILES string of the molecule is CN1CCN(C(=O)COc2ccc(N)cc2)CC1. The first-order chi connectivity index (χ1) is 8.65. The minimum atomic E-state index is 0.0416. The summed E-state index contributed by atoms with van der Waals surface area (Å²) in [5.41, 5.74) is 6.26. The normalized spacial score (nSPS) is 16.6. The summed E-state index contributed by atoms with van der Waals surface area (Å²) in [6, 6.07) is 7.06. The van der Waals surface area contributed by atoms with Crippen molar-refractivity contribution in [3.05, 3.63) is 24.3 Å². The number of nitrogens with zero attached hydrogens (tertiary/aromatic N) is 2. The second-order valence-corrected chi connectivity index (χ2v) is 4.54. The second-order valence-electron chi connectivity index (χ2n) is 4.54. The molecule has 0 aliphatic carbocycles. The highest BCUT2D eigenvalue weighted by atomic mass is 16.5. The number of ether oxygens (including phenoxy) is 1. The number of nitrogens with two attached hydrogens (primary N) is 1. The van der Waals surface area contributed by atoms with Crippen molar-refractivity contribution in [2.24, 2.45) is 0 Å². The van der Waals surface area contributed by atoms with Gasteiger partial charge in [0.1, 0.15) is 5.75 Å². The first-order valence-corrected chi connectivity index (χ1v) is 6.10. The minimum Gasteiger partial charge on any atom is -0.484 e. The molecule has 0 aromatic heterocycles. The fourth-order valence-corrected chi connectivity index (χ4v) is 1.86. The van der Waals surface area contributed by atoms with Crippen molar-refractivity contribution in [3.63, 3.8) is 0 Å². The molecule has 2 rings (SSSR count). The molecule has 0 saturated carbocycles. The third-order valence-electron chi connectivity index (χ3n) is 3.10. The van der Waals surface area contributed by atoms with Crippen molar-refractivity contribution >= 4 is 11.6 Å². The third-order valence-corrected chi connectivity index (χ3v) is 3.10. The molecule has 0 spiro atoms. The molecule has 98 valence electrons. The van der Waals surface area contributed by atoms with Gasteiger partial charge in [0.2, 0.25) is 0 Å². The molecular weight excluding hydrogens is 230 g/mol. The number of rotatable bonds is 3. The van der Waals surface area contributed by atoms with Crippen LogP contribution in [0.25, 0.3) is 0 Å². The summed E-state index contributed by atoms with van der Waals surface area (Å²) < 4.78 is 5.44. The van der Waals surface area contributed by atoms with Gasteiger partial charge in [-0.2, -0.15) is 0 Å². The van der Waals surface area contributed by atoms with Crippen molar-refractivity contribution in [2.75, 3.05) is 45.6 Å². The first kappa shape index (κ1) is 12.7. The molecule has 5 heteroatoms. The molecule has 1 fully saturated rings. The molecule has 1 aromatic rings. The Labute approximate surface area is 107 Å². The van der Waals surface area contributed by atoms with Crippen molar-refractivity contribution in [1.29, 1.82) is 0 Å². The van der Waals surface area contributed by atoms with Crippen LogP contribution < -0.4 is 10.5 Å². The molecule has 1 amide bonds. The molecule has 1 aliphatic rings. The van der Waals surface area contributed by atoms with Crippen LogP contribution in [0.4, 0.5) is 5.69 Å². The predicted octanol–water partition coefficient (Wildman–Crippen LogP) is 0.422. The molecule has 2 N–H and O–H groups in total. The lowest BCUT2D eigenvalue weighted by molar-refractivity contribution is -0.134. The highest BCUT2D eigenvalue weighted by molar-refractivity contribution is 5.77. The molecule has 1 aliphatic heterocycles. The summed E-state index contributed by atoms with van der Waals surface area (Å²) in [4.78, 5) is 16.0. The summed E-state index contributed by atoms with van der Waals surface area (Å²) in [5.74, 6) is 0.714. The number of likely N-dealkylation sites (N-methyl/N-ethyl adjacent to an activating group) is 1. The predicted molar refractivity (Wildman–Crippen MR) is 70.4 cm³/mol. The number of amides is 1. The van der Waals surface area contributed by atoms with Gasteiger partial charge >= 0.3 is 0 Å². The number of benzene rings is 1. The zero-order valence-electron chi connectivity index (χ0n) is 10.6. The van der Waals surface area contributed by atoms with E-state index in [1.807, 2.05) is 4.90 Å². The van der Waals surface area contributed by atoms with Crippen LogP contribution in [0.15, 0.2) is 24.3 Å². The van der Waals surface area contributed by atoms with Gasteiger partial charge in [0.15, 0.2) is 6.61 Å². The van der Waals surface area contributed by atoms with Gasteiger partial charge < -0.3 is 20.3 Å². The largest absolute Gasteiger partial charge is 0.484 e. The van der Waals surface area contributed by atoms with E-state index in [1.54, 1.807) is 24.3 Å². The molecule has 18 heavy (non-hydrogen) atoms. The van der Waals surface area contributed by atoms with Crippen LogP contribution in [0.3, 0.4) is 0 Å². The summed E-state index contributed by atoms with van der Waals surface area (Å²) in [6.07, 6.45) is 0. The van der Waals surface area contributed by atoms with E-state index < -0.39 is 0 Å². The molecule has 1 saturated heterocycles. The van der Waals surface area contributed by atoms with E-state index in [-0.39, 0.29) is 12.5 Å². The highest BCUT2D eigenvalue weighted by Gasteiger charge is 2.19. The maximum absolute atomic E-state index is 11.9. The zero-order valence-corrected chi connectivity index (χ0v) is 10.6. The van der Waals surface area contributed by atoms with Gasteiger partial charge in [-0.05, 0) is 31.3 Å². The number of hydrogen-bond donors (Lipinski definition) is 1. The van der Waals surface area contributed by atoms with E-state index in [9.17, 15) is 4.79 Å². The van der Waals surface area contributed by atoms with Gasteiger partial charge in [-0.15, -0.1) is 0 Å². The number of hydrogen-bond acceptors (Lipinski definition) is 4. The fourth-order valence-electron chi connectivity index (χ4n) is 1.86. The quantitative estimate of drug-likeness (QED) is 0.789. The van der Waals surface area contributed by atoms with Crippen LogP contribution in [-0.4, -0.2) is 55.5 Å². The fraction of sp³-hybridized carbons (Fsp3) is 0.462.